The molecule has 0 aromatic rings. The van der Waals surface area contributed by atoms with E-state index in [1.165, 1.54) is 0 Å². The molecule has 0 aromatic heterocycles. The number of aliphatic hydroxyl groups excluding tert-OH is 1. The summed E-state index contributed by atoms with van der Waals surface area (Å²) in [6.07, 6.45) is 2.92. The maximum absolute atomic E-state index is 11.7. The number of carbonyl (C=O) groups is 2. The predicted octanol–water partition coefficient (Wildman–Crippen LogP) is 1.92. The molecule has 0 amide bonds. The Balaban J connectivity index is 2.50. The molecule has 3 heteroatoms. The lowest BCUT2D eigenvalue weighted by Crippen LogP contribution is -2.38. The van der Waals surface area contributed by atoms with Gasteiger partial charge in [0.15, 0.2) is 11.5 Å². The van der Waals surface area contributed by atoms with E-state index in [9.17, 15) is 14.7 Å². The molecule has 0 unspecified atom stereocenters. The van der Waals surface area contributed by atoms with E-state index >= 15 is 0 Å². The second kappa shape index (κ2) is 2.94. The molecular weight excluding hydrogens is 180 g/mol. The van der Waals surface area contributed by atoms with Crippen LogP contribution >= 0.6 is 0 Å². The third-order valence-electron chi connectivity index (χ3n) is 3.51. The van der Waals surface area contributed by atoms with Gasteiger partial charge in [0.05, 0.1) is 5.41 Å². The number of fused-ring (bicyclic) bond motifs is 1. The summed E-state index contributed by atoms with van der Waals surface area (Å²) in [5, 5.41) is 9.63. The quantitative estimate of drug-likeness (QED) is 0.641. The number of ketones is 2. The zero-order valence-corrected chi connectivity index (χ0v) is 8.30. The van der Waals surface area contributed by atoms with Crippen LogP contribution in [0.4, 0.5) is 0 Å². The summed E-state index contributed by atoms with van der Waals surface area (Å²) in [7, 11) is 0. The van der Waals surface area contributed by atoms with Gasteiger partial charge < -0.3 is 5.11 Å². The molecule has 2 aliphatic carbocycles. The zero-order chi connectivity index (χ0) is 10.3. The first-order chi connectivity index (χ1) is 6.55. The van der Waals surface area contributed by atoms with Crippen molar-refractivity contribution in [1.29, 1.82) is 0 Å². The van der Waals surface area contributed by atoms with Gasteiger partial charge in [-0.3, -0.25) is 9.59 Å². The van der Waals surface area contributed by atoms with Crippen molar-refractivity contribution in [3.8, 4) is 0 Å². The standard InChI is InChI=1S/C11H14O3/c1-11-6-5-8(12)10(14)7(11)3-2-4-9(11)13/h14H,2-6H2,1H3/t11-/m0/s1. The lowest BCUT2D eigenvalue weighted by molar-refractivity contribution is -0.130. The van der Waals surface area contributed by atoms with Gasteiger partial charge in [-0.1, -0.05) is 0 Å². The minimum Gasteiger partial charge on any atom is -0.504 e. The third-order valence-corrected chi connectivity index (χ3v) is 3.51. The molecule has 0 radical (unpaired) electrons. The Labute approximate surface area is 82.8 Å². The van der Waals surface area contributed by atoms with Crippen LogP contribution < -0.4 is 0 Å². The third kappa shape index (κ3) is 1.11. The second-order valence-electron chi connectivity index (χ2n) is 4.36. The fraction of sp³-hybridized carbons (Fsp3) is 0.636. The fourth-order valence-electron chi connectivity index (χ4n) is 2.47. The van der Waals surface area contributed by atoms with E-state index < -0.39 is 5.41 Å². The van der Waals surface area contributed by atoms with E-state index in [1.54, 1.807) is 0 Å². The summed E-state index contributed by atoms with van der Waals surface area (Å²) in [5.41, 5.74) is 0.140. The van der Waals surface area contributed by atoms with Crippen molar-refractivity contribution in [2.45, 2.75) is 39.0 Å². The average molecular weight is 194 g/mol. The Morgan fingerprint density at radius 2 is 1.93 bits per heavy atom. The molecule has 0 heterocycles. The van der Waals surface area contributed by atoms with Gasteiger partial charge in [0.1, 0.15) is 5.78 Å². The maximum atomic E-state index is 11.7. The summed E-state index contributed by atoms with van der Waals surface area (Å²) in [6.45, 7) is 1.85. The second-order valence-corrected chi connectivity index (χ2v) is 4.36. The summed E-state index contributed by atoms with van der Waals surface area (Å²) >= 11 is 0. The number of rotatable bonds is 0. The van der Waals surface area contributed by atoms with Crippen molar-refractivity contribution in [3.05, 3.63) is 11.3 Å². The van der Waals surface area contributed by atoms with Gasteiger partial charge >= 0.3 is 0 Å². The van der Waals surface area contributed by atoms with E-state index in [0.717, 1.165) is 6.42 Å². The Morgan fingerprint density at radius 3 is 2.64 bits per heavy atom. The van der Waals surface area contributed by atoms with Crippen molar-refractivity contribution >= 4 is 11.6 Å². The highest BCUT2D eigenvalue weighted by atomic mass is 16.3. The molecule has 0 spiro atoms. The van der Waals surface area contributed by atoms with Gasteiger partial charge in [-0.05, 0) is 31.8 Å². The van der Waals surface area contributed by atoms with Crippen LogP contribution in [0.25, 0.3) is 0 Å². The number of hydrogen-bond donors (Lipinski definition) is 1. The summed E-state index contributed by atoms with van der Waals surface area (Å²) in [5.74, 6) is -0.156. The first-order valence-electron chi connectivity index (χ1n) is 5.05. The number of Topliss-reactive ketones (excluding diaryl/α,β-unsaturated/α-hetero) is 2. The van der Waals surface area contributed by atoms with Crippen molar-refractivity contribution in [2.75, 3.05) is 0 Å². The molecule has 1 saturated carbocycles. The monoisotopic (exact) mass is 194 g/mol. The number of carbonyl (C=O) groups excluding carboxylic acids is 2. The van der Waals surface area contributed by atoms with Crippen LogP contribution in [0.15, 0.2) is 11.3 Å². The average Bonchev–Trinajstić information content (AvgIpc) is 2.16. The summed E-state index contributed by atoms with van der Waals surface area (Å²) < 4.78 is 0. The minimum atomic E-state index is -0.545. The van der Waals surface area contributed by atoms with Gasteiger partial charge in [-0.2, -0.15) is 0 Å². The number of hydrogen-bond acceptors (Lipinski definition) is 3. The first-order valence-corrected chi connectivity index (χ1v) is 5.05. The molecule has 0 aliphatic heterocycles. The topological polar surface area (TPSA) is 54.4 Å². The zero-order valence-electron chi connectivity index (χ0n) is 8.30. The van der Waals surface area contributed by atoms with Crippen LogP contribution in [-0.4, -0.2) is 16.7 Å². The highest BCUT2D eigenvalue weighted by Crippen LogP contribution is 2.45. The lowest BCUT2D eigenvalue weighted by atomic mass is 9.64. The molecular formula is C11H14O3. The van der Waals surface area contributed by atoms with Gasteiger partial charge in [-0.15, -0.1) is 0 Å². The van der Waals surface area contributed by atoms with Crippen LogP contribution in [0.3, 0.4) is 0 Å². The SMILES string of the molecule is C[C@]12CCC(=O)C(O)=C1CCCC2=O. The highest BCUT2D eigenvalue weighted by molar-refractivity contribution is 5.99. The van der Waals surface area contributed by atoms with E-state index in [-0.39, 0.29) is 17.3 Å². The Kier molecular flexibility index (Phi) is 1.98. The molecule has 3 nitrogen and oxygen atoms in total. The predicted molar refractivity (Wildman–Crippen MR) is 50.9 cm³/mol. The van der Waals surface area contributed by atoms with Gasteiger partial charge in [-0.25, -0.2) is 0 Å². The van der Waals surface area contributed by atoms with Crippen molar-refractivity contribution in [3.63, 3.8) is 0 Å². The molecule has 0 aromatic carbocycles. The molecule has 1 fully saturated rings. The molecule has 0 saturated heterocycles. The van der Waals surface area contributed by atoms with Gasteiger partial charge in [0.2, 0.25) is 0 Å². The van der Waals surface area contributed by atoms with Crippen LogP contribution in [0.2, 0.25) is 0 Å². The van der Waals surface area contributed by atoms with E-state index in [0.29, 0.717) is 31.3 Å². The van der Waals surface area contributed by atoms with Crippen molar-refractivity contribution < 1.29 is 14.7 Å². The fourth-order valence-corrected chi connectivity index (χ4v) is 2.47. The molecule has 1 atom stereocenters. The van der Waals surface area contributed by atoms with E-state index in [1.807, 2.05) is 6.92 Å². The van der Waals surface area contributed by atoms with Crippen molar-refractivity contribution in [2.24, 2.45) is 5.41 Å². The number of aliphatic hydroxyl groups is 1. The van der Waals surface area contributed by atoms with Crippen LogP contribution in [0.5, 0.6) is 0 Å². The maximum Gasteiger partial charge on any atom is 0.197 e. The lowest BCUT2D eigenvalue weighted by Gasteiger charge is -2.37. The molecule has 76 valence electrons. The molecule has 2 aliphatic rings. The molecule has 1 N–H and O–H groups in total. The molecule has 0 bridgehead atoms. The van der Waals surface area contributed by atoms with E-state index in [2.05, 4.69) is 0 Å². The van der Waals surface area contributed by atoms with Gasteiger partial charge in [0.25, 0.3) is 0 Å². The Bertz CT molecular complexity index is 340. The Hall–Kier alpha value is -1.12. The minimum absolute atomic E-state index is 0.133. The van der Waals surface area contributed by atoms with Crippen LogP contribution in [0.1, 0.15) is 39.0 Å². The number of allylic oxidation sites excluding steroid dienone is 2. The smallest absolute Gasteiger partial charge is 0.197 e. The van der Waals surface area contributed by atoms with Crippen molar-refractivity contribution in [1.82, 2.24) is 0 Å². The molecule has 2 rings (SSSR count). The van der Waals surface area contributed by atoms with Crippen LogP contribution in [0, 0.1) is 5.41 Å². The Morgan fingerprint density at radius 1 is 1.21 bits per heavy atom. The van der Waals surface area contributed by atoms with Gasteiger partial charge in [0, 0.05) is 12.8 Å². The van der Waals surface area contributed by atoms with E-state index in [4.69, 9.17) is 0 Å². The first kappa shape index (κ1) is 9.44. The largest absolute Gasteiger partial charge is 0.504 e. The van der Waals surface area contributed by atoms with Crippen LogP contribution in [-0.2, 0) is 9.59 Å². The normalized spacial score (nSPS) is 33.2. The highest BCUT2D eigenvalue weighted by Gasteiger charge is 2.44. The summed E-state index contributed by atoms with van der Waals surface area (Å²) in [6, 6.07) is 0. The summed E-state index contributed by atoms with van der Waals surface area (Å²) in [4.78, 5) is 23.0. The molecule has 14 heavy (non-hydrogen) atoms.